The van der Waals surface area contributed by atoms with Crippen molar-refractivity contribution in [3.8, 4) is 0 Å². The van der Waals surface area contributed by atoms with Gasteiger partial charge in [0.25, 0.3) is 0 Å². The molecule has 0 bridgehead atoms. The topological polar surface area (TPSA) is 86.5 Å². The highest BCUT2D eigenvalue weighted by molar-refractivity contribution is 6.08. The molecular weight excluding hydrogens is 338 g/mol. The van der Waals surface area contributed by atoms with Crippen LogP contribution < -0.4 is 5.32 Å². The maximum atomic E-state index is 12.2. The second-order valence-corrected chi connectivity index (χ2v) is 6.32. The number of nitrogens with one attached hydrogen (secondary N) is 3. The molecule has 27 heavy (non-hydrogen) atoms. The molecule has 3 N–H and O–H groups in total. The molecule has 1 amide bonds. The monoisotopic (exact) mass is 353 g/mol. The number of H-pyrrole nitrogens is 2. The molecule has 6 heteroatoms. The fourth-order valence-corrected chi connectivity index (χ4v) is 3.22. The standard InChI is InChI=1S/C21H15N5O/c27-21(24-15-6-5-13-11-23-26-19(13)10-15)8-7-14-9-17-16-3-1-2-4-18(16)25-20(17)12-22-14/h1-12,25H,(H,23,26)(H,24,27)/b8-7+. The summed E-state index contributed by atoms with van der Waals surface area (Å²) >= 11 is 0. The van der Waals surface area contributed by atoms with Gasteiger partial charge in [0.1, 0.15) is 0 Å². The minimum absolute atomic E-state index is 0.213. The summed E-state index contributed by atoms with van der Waals surface area (Å²) in [6.07, 6.45) is 6.73. The number of nitrogens with zero attached hydrogens (tertiary/aromatic N) is 2. The highest BCUT2D eigenvalue weighted by Crippen LogP contribution is 2.25. The van der Waals surface area contributed by atoms with E-state index in [4.69, 9.17) is 0 Å². The van der Waals surface area contributed by atoms with Crippen molar-refractivity contribution in [2.75, 3.05) is 5.32 Å². The molecule has 3 heterocycles. The molecule has 3 aromatic heterocycles. The first-order chi connectivity index (χ1) is 13.3. The summed E-state index contributed by atoms with van der Waals surface area (Å²) in [5, 5.41) is 12.9. The number of anilines is 1. The number of carbonyl (C=O) groups excluding carboxylic acids is 1. The number of rotatable bonds is 3. The fraction of sp³-hybridized carbons (Fsp3) is 0. The van der Waals surface area contributed by atoms with E-state index in [-0.39, 0.29) is 5.91 Å². The molecule has 130 valence electrons. The lowest BCUT2D eigenvalue weighted by atomic mass is 10.1. The van der Waals surface area contributed by atoms with Crippen LogP contribution in [-0.2, 0) is 4.79 Å². The first kappa shape index (κ1) is 15.3. The van der Waals surface area contributed by atoms with Gasteiger partial charge in [-0.3, -0.25) is 14.9 Å². The summed E-state index contributed by atoms with van der Waals surface area (Å²) in [7, 11) is 0. The van der Waals surface area contributed by atoms with Gasteiger partial charge in [-0.15, -0.1) is 0 Å². The summed E-state index contributed by atoms with van der Waals surface area (Å²) in [6.45, 7) is 0. The molecule has 5 aromatic rings. The molecule has 0 saturated carbocycles. The van der Waals surface area contributed by atoms with Crippen LogP contribution in [0.3, 0.4) is 0 Å². The van der Waals surface area contributed by atoms with Crippen molar-refractivity contribution in [3.05, 3.63) is 72.7 Å². The molecule has 2 aromatic carbocycles. The number of fused-ring (bicyclic) bond motifs is 4. The SMILES string of the molecule is O=C(/C=C/c1cc2c(cn1)[nH]c1ccccc12)Nc1ccc2cn[nH]c2c1. The van der Waals surface area contributed by atoms with Crippen LogP contribution in [0, 0.1) is 0 Å². The normalized spacial score (nSPS) is 11.7. The molecule has 0 aliphatic carbocycles. The Morgan fingerprint density at radius 2 is 1.89 bits per heavy atom. The van der Waals surface area contributed by atoms with Crippen LogP contribution in [0.5, 0.6) is 0 Å². The third kappa shape index (κ3) is 2.83. The Morgan fingerprint density at radius 1 is 0.963 bits per heavy atom. The number of hydrogen-bond acceptors (Lipinski definition) is 3. The summed E-state index contributed by atoms with van der Waals surface area (Å²) in [6, 6.07) is 15.7. The Bertz CT molecular complexity index is 1330. The Hall–Kier alpha value is -3.93. The van der Waals surface area contributed by atoms with Crippen LogP contribution in [-0.4, -0.2) is 26.1 Å². The van der Waals surface area contributed by atoms with E-state index in [1.165, 1.54) is 6.08 Å². The minimum atomic E-state index is -0.213. The summed E-state index contributed by atoms with van der Waals surface area (Å²) < 4.78 is 0. The second kappa shape index (κ2) is 6.10. The van der Waals surface area contributed by atoms with Crippen molar-refractivity contribution in [1.82, 2.24) is 20.2 Å². The number of pyridine rings is 1. The van der Waals surface area contributed by atoms with Crippen molar-refractivity contribution < 1.29 is 4.79 Å². The molecule has 5 rings (SSSR count). The van der Waals surface area contributed by atoms with Crippen molar-refractivity contribution in [2.24, 2.45) is 0 Å². The van der Waals surface area contributed by atoms with Gasteiger partial charge < -0.3 is 10.3 Å². The lowest BCUT2D eigenvalue weighted by Gasteiger charge is -2.02. The van der Waals surface area contributed by atoms with Crippen molar-refractivity contribution in [1.29, 1.82) is 0 Å². The molecule has 0 spiro atoms. The predicted molar refractivity (Wildman–Crippen MR) is 107 cm³/mol. The Labute approximate surface area is 153 Å². The lowest BCUT2D eigenvalue weighted by Crippen LogP contribution is -2.07. The summed E-state index contributed by atoms with van der Waals surface area (Å²) in [5.41, 5.74) is 4.36. The van der Waals surface area contributed by atoms with Gasteiger partial charge in [0.2, 0.25) is 5.91 Å². The van der Waals surface area contributed by atoms with Crippen molar-refractivity contribution >= 4 is 50.4 Å². The first-order valence-corrected chi connectivity index (χ1v) is 8.55. The lowest BCUT2D eigenvalue weighted by molar-refractivity contribution is -0.111. The second-order valence-electron chi connectivity index (χ2n) is 6.32. The van der Waals surface area contributed by atoms with Crippen LogP contribution in [0.15, 0.2) is 67.0 Å². The number of carbonyl (C=O) groups is 1. The van der Waals surface area contributed by atoms with Gasteiger partial charge in [0.05, 0.1) is 29.1 Å². The zero-order valence-electron chi connectivity index (χ0n) is 14.2. The third-order valence-electron chi connectivity index (χ3n) is 4.53. The summed E-state index contributed by atoms with van der Waals surface area (Å²) in [4.78, 5) is 20.0. The number of para-hydroxylation sites is 1. The minimum Gasteiger partial charge on any atom is -0.353 e. The first-order valence-electron chi connectivity index (χ1n) is 8.55. The zero-order valence-corrected chi connectivity index (χ0v) is 14.2. The van der Waals surface area contributed by atoms with Gasteiger partial charge in [-0.05, 0) is 36.4 Å². The average molecular weight is 353 g/mol. The van der Waals surface area contributed by atoms with Crippen LogP contribution in [0.25, 0.3) is 38.8 Å². The highest BCUT2D eigenvalue weighted by Gasteiger charge is 2.05. The molecule has 0 saturated heterocycles. The highest BCUT2D eigenvalue weighted by atomic mass is 16.1. The van der Waals surface area contributed by atoms with Gasteiger partial charge in [-0.1, -0.05) is 18.2 Å². The maximum Gasteiger partial charge on any atom is 0.248 e. The largest absolute Gasteiger partial charge is 0.353 e. The molecule has 0 fully saturated rings. The Morgan fingerprint density at radius 3 is 2.85 bits per heavy atom. The summed E-state index contributed by atoms with van der Waals surface area (Å²) in [5.74, 6) is -0.213. The fourth-order valence-electron chi connectivity index (χ4n) is 3.22. The van der Waals surface area contributed by atoms with E-state index in [1.54, 1.807) is 18.5 Å². The molecule has 0 radical (unpaired) electrons. The van der Waals surface area contributed by atoms with E-state index in [2.05, 4.69) is 31.5 Å². The van der Waals surface area contributed by atoms with Crippen LogP contribution in [0.1, 0.15) is 5.69 Å². The van der Waals surface area contributed by atoms with Gasteiger partial charge in [-0.25, -0.2) is 0 Å². The zero-order chi connectivity index (χ0) is 18.2. The van der Waals surface area contributed by atoms with Gasteiger partial charge >= 0.3 is 0 Å². The van der Waals surface area contributed by atoms with Crippen LogP contribution >= 0.6 is 0 Å². The smallest absolute Gasteiger partial charge is 0.248 e. The van der Waals surface area contributed by atoms with Gasteiger partial charge in [-0.2, -0.15) is 5.10 Å². The van der Waals surface area contributed by atoms with Gasteiger partial charge in [0, 0.05) is 33.4 Å². The average Bonchev–Trinajstić information content (AvgIpc) is 3.30. The van der Waals surface area contributed by atoms with E-state index >= 15 is 0 Å². The third-order valence-corrected chi connectivity index (χ3v) is 4.53. The van der Waals surface area contributed by atoms with Crippen molar-refractivity contribution in [2.45, 2.75) is 0 Å². The molecule has 0 atom stereocenters. The Kier molecular flexibility index (Phi) is 3.47. The van der Waals surface area contributed by atoms with Crippen LogP contribution in [0.4, 0.5) is 5.69 Å². The van der Waals surface area contributed by atoms with E-state index in [0.29, 0.717) is 5.69 Å². The van der Waals surface area contributed by atoms with E-state index < -0.39 is 0 Å². The Balaban J connectivity index is 1.39. The van der Waals surface area contributed by atoms with E-state index in [0.717, 1.165) is 38.4 Å². The number of amides is 1. The molecule has 0 unspecified atom stereocenters. The van der Waals surface area contributed by atoms with E-state index in [1.807, 2.05) is 42.5 Å². The number of aromatic amines is 2. The number of aromatic nitrogens is 4. The van der Waals surface area contributed by atoms with Crippen LogP contribution in [0.2, 0.25) is 0 Å². The molecule has 0 aliphatic heterocycles. The van der Waals surface area contributed by atoms with Crippen molar-refractivity contribution in [3.63, 3.8) is 0 Å². The van der Waals surface area contributed by atoms with Gasteiger partial charge in [0.15, 0.2) is 0 Å². The quantitative estimate of drug-likeness (QED) is 0.424. The number of hydrogen-bond donors (Lipinski definition) is 3. The van der Waals surface area contributed by atoms with E-state index in [9.17, 15) is 4.79 Å². The molecular formula is C21H15N5O. The maximum absolute atomic E-state index is 12.2. The number of benzene rings is 2. The molecule has 0 aliphatic rings. The molecule has 6 nitrogen and oxygen atoms in total. The predicted octanol–water partition coefficient (Wildman–Crippen LogP) is 4.24.